The van der Waals surface area contributed by atoms with E-state index < -0.39 is 0 Å². The molecule has 0 unspecified atom stereocenters. The van der Waals surface area contributed by atoms with Crippen molar-refractivity contribution in [2.45, 2.75) is 25.8 Å². The van der Waals surface area contributed by atoms with Crippen LogP contribution in [0.2, 0.25) is 10.0 Å². The summed E-state index contributed by atoms with van der Waals surface area (Å²) in [5.41, 5.74) is 1.10. The van der Waals surface area contributed by atoms with E-state index in [-0.39, 0.29) is 6.04 Å². The van der Waals surface area contributed by atoms with Gasteiger partial charge in [-0.2, -0.15) is 0 Å². The molecule has 2 rings (SSSR count). The van der Waals surface area contributed by atoms with E-state index >= 15 is 0 Å². The summed E-state index contributed by atoms with van der Waals surface area (Å²) in [7, 11) is 0. The van der Waals surface area contributed by atoms with Crippen molar-refractivity contribution in [1.29, 1.82) is 0 Å². The smallest absolute Gasteiger partial charge is 0.0469 e. The first-order chi connectivity index (χ1) is 8.66. The van der Waals surface area contributed by atoms with Crippen LogP contribution >= 0.6 is 23.2 Å². The molecule has 100 valence electrons. The van der Waals surface area contributed by atoms with E-state index in [0.29, 0.717) is 10.9 Å². The van der Waals surface area contributed by atoms with Gasteiger partial charge in [0.15, 0.2) is 0 Å². The van der Waals surface area contributed by atoms with Crippen molar-refractivity contribution in [1.82, 2.24) is 5.32 Å². The Morgan fingerprint density at radius 2 is 2.06 bits per heavy atom. The molecule has 1 aliphatic rings. The van der Waals surface area contributed by atoms with Gasteiger partial charge in [-0.25, -0.2) is 0 Å². The summed E-state index contributed by atoms with van der Waals surface area (Å²) in [5.74, 6) is 0.715. The molecule has 1 aromatic rings. The first kappa shape index (κ1) is 14.1. The third-order valence-electron chi connectivity index (χ3n) is 3.48. The van der Waals surface area contributed by atoms with Gasteiger partial charge >= 0.3 is 0 Å². The highest BCUT2D eigenvalue weighted by atomic mass is 35.5. The molecule has 0 radical (unpaired) electrons. The Bertz CT molecular complexity index is 391. The first-order valence-electron chi connectivity index (χ1n) is 6.43. The molecule has 1 fully saturated rings. The molecule has 0 spiro atoms. The quantitative estimate of drug-likeness (QED) is 0.901. The van der Waals surface area contributed by atoms with Crippen molar-refractivity contribution < 1.29 is 4.74 Å². The molecule has 4 heteroatoms. The van der Waals surface area contributed by atoms with Crippen LogP contribution in [0.3, 0.4) is 0 Å². The van der Waals surface area contributed by atoms with E-state index in [9.17, 15) is 0 Å². The van der Waals surface area contributed by atoms with Gasteiger partial charge in [0.2, 0.25) is 0 Å². The largest absolute Gasteiger partial charge is 0.381 e. The predicted octanol–water partition coefficient (Wildman–Crippen LogP) is 4.07. The third-order valence-corrected chi connectivity index (χ3v) is 4.05. The molecule has 1 atom stereocenters. The summed E-state index contributed by atoms with van der Waals surface area (Å²) in [6, 6.07) is 5.92. The second kappa shape index (κ2) is 6.76. The van der Waals surface area contributed by atoms with Gasteiger partial charge < -0.3 is 10.1 Å². The van der Waals surface area contributed by atoms with Crippen LogP contribution in [0.1, 0.15) is 31.4 Å². The molecule has 1 saturated heterocycles. The number of hydrogen-bond donors (Lipinski definition) is 1. The average molecular weight is 288 g/mol. The van der Waals surface area contributed by atoms with E-state index in [0.717, 1.165) is 43.2 Å². The predicted molar refractivity (Wildman–Crippen MR) is 76.4 cm³/mol. The number of hydrogen-bond acceptors (Lipinski definition) is 2. The van der Waals surface area contributed by atoms with Crippen molar-refractivity contribution in [3.8, 4) is 0 Å². The minimum atomic E-state index is 0.248. The van der Waals surface area contributed by atoms with E-state index in [2.05, 4.69) is 12.2 Å². The van der Waals surface area contributed by atoms with Crippen LogP contribution in [0.15, 0.2) is 18.2 Å². The summed E-state index contributed by atoms with van der Waals surface area (Å²) in [4.78, 5) is 0. The van der Waals surface area contributed by atoms with Gasteiger partial charge in [0.05, 0.1) is 0 Å². The van der Waals surface area contributed by atoms with Crippen molar-refractivity contribution in [2.24, 2.45) is 5.92 Å². The number of benzene rings is 1. The standard InChI is InChI=1S/C14H19Cl2NO/c1-10(13-3-2-12(15)8-14(13)16)17-9-11-4-6-18-7-5-11/h2-3,8,10-11,17H,4-7,9H2,1H3/t10-/m0/s1. The minimum Gasteiger partial charge on any atom is -0.381 e. The Labute approximate surface area is 119 Å². The second-order valence-electron chi connectivity index (χ2n) is 4.85. The molecule has 1 aliphatic heterocycles. The Morgan fingerprint density at radius 1 is 1.33 bits per heavy atom. The highest BCUT2D eigenvalue weighted by molar-refractivity contribution is 6.35. The van der Waals surface area contributed by atoms with Crippen LogP contribution in [0.4, 0.5) is 0 Å². The van der Waals surface area contributed by atoms with Crippen molar-refractivity contribution in [3.05, 3.63) is 33.8 Å². The van der Waals surface area contributed by atoms with Crippen LogP contribution < -0.4 is 5.32 Å². The molecule has 0 bridgehead atoms. The fourth-order valence-electron chi connectivity index (χ4n) is 2.26. The van der Waals surface area contributed by atoms with Gasteiger partial charge in [0, 0.05) is 29.3 Å². The van der Waals surface area contributed by atoms with Crippen molar-refractivity contribution >= 4 is 23.2 Å². The summed E-state index contributed by atoms with van der Waals surface area (Å²) >= 11 is 12.1. The zero-order chi connectivity index (χ0) is 13.0. The number of nitrogens with one attached hydrogen (secondary N) is 1. The molecular weight excluding hydrogens is 269 g/mol. The topological polar surface area (TPSA) is 21.3 Å². The molecule has 0 saturated carbocycles. The molecule has 1 aromatic carbocycles. The maximum atomic E-state index is 6.20. The number of ether oxygens (including phenoxy) is 1. The van der Waals surface area contributed by atoms with Crippen LogP contribution in [-0.2, 0) is 4.74 Å². The Kier molecular flexibility index (Phi) is 5.31. The molecule has 0 amide bonds. The highest BCUT2D eigenvalue weighted by Crippen LogP contribution is 2.26. The number of halogens is 2. The normalized spacial score (nSPS) is 18.8. The zero-order valence-corrected chi connectivity index (χ0v) is 12.1. The lowest BCUT2D eigenvalue weighted by atomic mass is 9.99. The van der Waals surface area contributed by atoms with Gasteiger partial charge in [-0.05, 0) is 49.9 Å². The van der Waals surface area contributed by atoms with Gasteiger partial charge in [-0.3, -0.25) is 0 Å². The lowest BCUT2D eigenvalue weighted by Gasteiger charge is -2.24. The molecular formula is C14H19Cl2NO. The minimum absolute atomic E-state index is 0.248. The van der Waals surface area contributed by atoms with Crippen molar-refractivity contribution in [2.75, 3.05) is 19.8 Å². The van der Waals surface area contributed by atoms with Gasteiger partial charge in [-0.1, -0.05) is 29.3 Å². The van der Waals surface area contributed by atoms with Gasteiger partial charge in [0.1, 0.15) is 0 Å². The fraction of sp³-hybridized carbons (Fsp3) is 0.571. The first-order valence-corrected chi connectivity index (χ1v) is 7.18. The number of rotatable bonds is 4. The molecule has 2 nitrogen and oxygen atoms in total. The average Bonchev–Trinajstić information content (AvgIpc) is 2.37. The lowest BCUT2D eigenvalue weighted by Crippen LogP contribution is -2.29. The monoisotopic (exact) mass is 287 g/mol. The molecule has 1 N–H and O–H groups in total. The maximum Gasteiger partial charge on any atom is 0.0469 e. The summed E-state index contributed by atoms with van der Waals surface area (Å²) in [5, 5.41) is 4.96. The van der Waals surface area contributed by atoms with E-state index in [1.54, 1.807) is 6.07 Å². The SMILES string of the molecule is C[C@H](NCC1CCOCC1)c1ccc(Cl)cc1Cl. The third kappa shape index (κ3) is 3.86. The summed E-state index contributed by atoms with van der Waals surface area (Å²) in [6.45, 7) is 4.93. The van der Waals surface area contributed by atoms with Gasteiger partial charge in [0.25, 0.3) is 0 Å². The van der Waals surface area contributed by atoms with Crippen LogP contribution in [0.25, 0.3) is 0 Å². The lowest BCUT2D eigenvalue weighted by molar-refractivity contribution is 0.0656. The summed E-state index contributed by atoms with van der Waals surface area (Å²) < 4.78 is 5.36. The van der Waals surface area contributed by atoms with E-state index in [1.165, 1.54) is 0 Å². The molecule has 1 heterocycles. The van der Waals surface area contributed by atoms with E-state index in [1.807, 2.05) is 12.1 Å². The second-order valence-corrected chi connectivity index (χ2v) is 5.70. The van der Waals surface area contributed by atoms with E-state index in [4.69, 9.17) is 27.9 Å². The van der Waals surface area contributed by atoms with Crippen molar-refractivity contribution in [3.63, 3.8) is 0 Å². The summed E-state index contributed by atoms with van der Waals surface area (Å²) in [6.07, 6.45) is 2.29. The van der Waals surface area contributed by atoms with Crippen LogP contribution in [0.5, 0.6) is 0 Å². The molecule has 0 aromatic heterocycles. The van der Waals surface area contributed by atoms with Gasteiger partial charge in [-0.15, -0.1) is 0 Å². The Hall–Kier alpha value is -0.280. The maximum absolute atomic E-state index is 6.20. The Balaban J connectivity index is 1.88. The van der Waals surface area contributed by atoms with Crippen LogP contribution in [-0.4, -0.2) is 19.8 Å². The Morgan fingerprint density at radius 3 is 2.72 bits per heavy atom. The highest BCUT2D eigenvalue weighted by Gasteiger charge is 2.16. The fourth-order valence-corrected chi connectivity index (χ4v) is 2.83. The molecule has 0 aliphatic carbocycles. The molecule has 18 heavy (non-hydrogen) atoms. The van der Waals surface area contributed by atoms with Crippen LogP contribution in [0, 0.1) is 5.92 Å². The zero-order valence-electron chi connectivity index (χ0n) is 10.6.